The second kappa shape index (κ2) is 4.44. The molecule has 1 aliphatic heterocycles. The summed E-state index contributed by atoms with van der Waals surface area (Å²) in [6.45, 7) is 5.65. The van der Waals surface area contributed by atoms with Crippen LogP contribution in [0.5, 0.6) is 0 Å². The lowest BCUT2D eigenvalue weighted by molar-refractivity contribution is 0.355. The molecule has 0 aliphatic carbocycles. The SMILES string of the molecule is C=CCC(N)c1nc(N2CCCC2)no1. The molecule has 0 bridgehead atoms. The van der Waals surface area contributed by atoms with Crippen LogP contribution in [-0.4, -0.2) is 23.2 Å². The minimum Gasteiger partial charge on any atom is -0.338 e. The standard InChI is InChI=1S/C10H16N4O/c1-2-5-8(11)9-12-10(13-15-9)14-6-3-4-7-14/h2,8H,1,3-7,11H2. The molecule has 0 amide bonds. The Morgan fingerprint density at radius 1 is 1.53 bits per heavy atom. The maximum Gasteiger partial charge on any atom is 0.266 e. The predicted molar refractivity (Wildman–Crippen MR) is 57.5 cm³/mol. The Hall–Kier alpha value is -1.36. The Bertz CT molecular complexity index is 330. The van der Waals surface area contributed by atoms with E-state index in [4.69, 9.17) is 10.3 Å². The quantitative estimate of drug-likeness (QED) is 0.754. The number of hydrogen-bond acceptors (Lipinski definition) is 5. The Labute approximate surface area is 88.9 Å². The molecule has 1 unspecified atom stereocenters. The average molecular weight is 208 g/mol. The first-order chi connectivity index (χ1) is 7.31. The zero-order chi connectivity index (χ0) is 10.7. The predicted octanol–water partition coefficient (Wildman–Crippen LogP) is 1.25. The summed E-state index contributed by atoms with van der Waals surface area (Å²) in [4.78, 5) is 6.40. The summed E-state index contributed by atoms with van der Waals surface area (Å²) in [5, 5.41) is 3.93. The highest BCUT2D eigenvalue weighted by Crippen LogP contribution is 2.19. The van der Waals surface area contributed by atoms with Gasteiger partial charge in [0, 0.05) is 13.1 Å². The Morgan fingerprint density at radius 2 is 2.27 bits per heavy atom. The largest absolute Gasteiger partial charge is 0.338 e. The fourth-order valence-electron chi connectivity index (χ4n) is 1.70. The molecule has 1 aliphatic rings. The van der Waals surface area contributed by atoms with Gasteiger partial charge in [0.25, 0.3) is 5.95 Å². The third kappa shape index (κ3) is 2.18. The van der Waals surface area contributed by atoms with Gasteiger partial charge >= 0.3 is 0 Å². The summed E-state index contributed by atoms with van der Waals surface area (Å²) in [5.74, 6) is 1.17. The van der Waals surface area contributed by atoms with Gasteiger partial charge in [0.15, 0.2) is 0 Å². The lowest BCUT2D eigenvalue weighted by Crippen LogP contribution is -2.19. The molecule has 1 aromatic heterocycles. The fraction of sp³-hybridized carbons (Fsp3) is 0.600. The molecule has 0 radical (unpaired) electrons. The van der Waals surface area contributed by atoms with Gasteiger partial charge in [-0.2, -0.15) is 4.98 Å². The molecular weight excluding hydrogens is 192 g/mol. The smallest absolute Gasteiger partial charge is 0.266 e. The zero-order valence-electron chi connectivity index (χ0n) is 8.72. The highest BCUT2D eigenvalue weighted by atomic mass is 16.5. The van der Waals surface area contributed by atoms with Gasteiger partial charge in [0.2, 0.25) is 5.89 Å². The fourth-order valence-corrected chi connectivity index (χ4v) is 1.70. The summed E-state index contributed by atoms with van der Waals surface area (Å²) in [6.07, 6.45) is 4.80. The lowest BCUT2D eigenvalue weighted by atomic mass is 10.2. The summed E-state index contributed by atoms with van der Waals surface area (Å²) < 4.78 is 5.12. The molecule has 1 saturated heterocycles. The molecule has 15 heavy (non-hydrogen) atoms. The van der Waals surface area contributed by atoms with E-state index in [-0.39, 0.29) is 6.04 Å². The molecule has 2 N–H and O–H groups in total. The van der Waals surface area contributed by atoms with E-state index in [2.05, 4.69) is 21.6 Å². The highest BCUT2D eigenvalue weighted by molar-refractivity contribution is 5.29. The number of rotatable bonds is 4. The van der Waals surface area contributed by atoms with Crippen molar-refractivity contribution in [1.29, 1.82) is 0 Å². The first-order valence-corrected chi connectivity index (χ1v) is 5.26. The Balaban J connectivity index is 2.05. The second-order valence-electron chi connectivity index (χ2n) is 3.76. The second-order valence-corrected chi connectivity index (χ2v) is 3.76. The van der Waals surface area contributed by atoms with Crippen molar-refractivity contribution in [2.75, 3.05) is 18.0 Å². The maximum absolute atomic E-state index is 5.83. The Kier molecular flexibility index (Phi) is 3.01. The van der Waals surface area contributed by atoms with Crippen molar-refractivity contribution in [3.8, 4) is 0 Å². The van der Waals surface area contributed by atoms with Gasteiger partial charge in [-0.15, -0.1) is 6.58 Å². The van der Waals surface area contributed by atoms with E-state index in [1.807, 2.05) is 0 Å². The normalized spacial score (nSPS) is 18.1. The summed E-state index contributed by atoms with van der Waals surface area (Å²) in [6, 6.07) is -0.230. The van der Waals surface area contributed by atoms with Crippen molar-refractivity contribution in [3.63, 3.8) is 0 Å². The van der Waals surface area contributed by atoms with E-state index >= 15 is 0 Å². The molecule has 0 saturated carbocycles. The van der Waals surface area contributed by atoms with Crippen molar-refractivity contribution < 1.29 is 4.52 Å². The third-order valence-electron chi connectivity index (χ3n) is 2.56. The molecule has 1 aromatic rings. The monoisotopic (exact) mass is 208 g/mol. The van der Waals surface area contributed by atoms with Gasteiger partial charge < -0.3 is 15.2 Å². The molecule has 0 spiro atoms. The topological polar surface area (TPSA) is 68.2 Å². The number of nitrogens with two attached hydrogens (primary N) is 1. The van der Waals surface area contributed by atoms with Gasteiger partial charge in [0.1, 0.15) is 0 Å². The van der Waals surface area contributed by atoms with Gasteiger partial charge in [-0.05, 0) is 24.4 Å². The lowest BCUT2D eigenvalue weighted by Gasteiger charge is -2.09. The molecule has 2 rings (SSSR count). The number of nitrogens with zero attached hydrogens (tertiary/aromatic N) is 3. The van der Waals surface area contributed by atoms with Crippen LogP contribution < -0.4 is 10.6 Å². The van der Waals surface area contributed by atoms with Crippen LogP contribution in [0.15, 0.2) is 17.2 Å². The van der Waals surface area contributed by atoms with Crippen LogP contribution in [0.1, 0.15) is 31.2 Å². The number of aromatic nitrogens is 2. The van der Waals surface area contributed by atoms with Crippen LogP contribution in [0.3, 0.4) is 0 Å². The van der Waals surface area contributed by atoms with Crippen LogP contribution in [0.4, 0.5) is 5.95 Å². The van der Waals surface area contributed by atoms with Crippen molar-refractivity contribution in [2.24, 2.45) is 5.73 Å². The summed E-state index contributed by atoms with van der Waals surface area (Å²) in [5.41, 5.74) is 5.83. The van der Waals surface area contributed by atoms with Crippen molar-refractivity contribution >= 4 is 5.95 Å². The Morgan fingerprint density at radius 3 is 2.93 bits per heavy atom. The summed E-state index contributed by atoms with van der Waals surface area (Å²) in [7, 11) is 0. The minimum atomic E-state index is -0.230. The van der Waals surface area contributed by atoms with Gasteiger partial charge in [-0.25, -0.2) is 0 Å². The van der Waals surface area contributed by atoms with Crippen LogP contribution in [0.25, 0.3) is 0 Å². The van der Waals surface area contributed by atoms with E-state index in [1.54, 1.807) is 6.08 Å². The molecule has 2 heterocycles. The molecule has 1 fully saturated rings. The van der Waals surface area contributed by atoms with Crippen molar-refractivity contribution in [3.05, 3.63) is 18.5 Å². The van der Waals surface area contributed by atoms with Crippen molar-refractivity contribution in [1.82, 2.24) is 10.1 Å². The minimum absolute atomic E-state index is 0.230. The third-order valence-corrected chi connectivity index (χ3v) is 2.56. The molecule has 0 aromatic carbocycles. The zero-order valence-corrected chi connectivity index (χ0v) is 8.72. The number of anilines is 1. The molecule has 5 heteroatoms. The van der Waals surface area contributed by atoms with Gasteiger partial charge in [0.05, 0.1) is 6.04 Å². The van der Waals surface area contributed by atoms with E-state index in [0.717, 1.165) is 13.1 Å². The van der Waals surface area contributed by atoms with Gasteiger partial charge in [-0.3, -0.25) is 0 Å². The first-order valence-electron chi connectivity index (χ1n) is 5.26. The molecule has 5 nitrogen and oxygen atoms in total. The average Bonchev–Trinajstić information content (AvgIpc) is 2.89. The van der Waals surface area contributed by atoms with E-state index < -0.39 is 0 Å². The van der Waals surface area contributed by atoms with E-state index in [1.165, 1.54) is 12.8 Å². The van der Waals surface area contributed by atoms with Gasteiger partial charge in [-0.1, -0.05) is 6.08 Å². The maximum atomic E-state index is 5.83. The van der Waals surface area contributed by atoms with E-state index in [9.17, 15) is 0 Å². The number of hydrogen-bond donors (Lipinski definition) is 1. The highest BCUT2D eigenvalue weighted by Gasteiger charge is 2.20. The summed E-state index contributed by atoms with van der Waals surface area (Å²) >= 11 is 0. The van der Waals surface area contributed by atoms with Crippen LogP contribution in [-0.2, 0) is 0 Å². The van der Waals surface area contributed by atoms with Crippen LogP contribution in [0, 0.1) is 0 Å². The van der Waals surface area contributed by atoms with E-state index in [0.29, 0.717) is 18.3 Å². The van der Waals surface area contributed by atoms with Crippen LogP contribution in [0.2, 0.25) is 0 Å². The van der Waals surface area contributed by atoms with Crippen LogP contribution >= 0.6 is 0 Å². The molecular formula is C10H16N4O. The van der Waals surface area contributed by atoms with Crippen molar-refractivity contribution in [2.45, 2.75) is 25.3 Å². The molecule has 82 valence electrons. The molecule has 1 atom stereocenters. The first kappa shape index (κ1) is 10.2.